The van der Waals surface area contributed by atoms with Crippen LogP contribution in [0.3, 0.4) is 0 Å². The zero-order valence-corrected chi connectivity index (χ0v) is 12.9. The van der Waals surface area contributed by atoms with Crippen molar-refractivity contribution in [1.82, 2.24) is 10.2 Å². The molecule has 0 aliphatic heterocycles. The van der Waals surface area contributed by atoms with E-state index in [1.807, 2.05) is 7.11 Å². The van der Waals surface area contributed by atoms with E-state index < -0.39 is 0 Å². The van der Waals surface area contributed by atoms with Crippen molar-refractivity contribution in [3.63, 3.8) is 0 Å². The van der Waals surface area contributed by atoms with Gasteiger partial charge in [-0.3, -0.25) is 0 Å². The summed E-state index contributed by atoms with van der Waals surface area (Å²) in [5.41, 5.74) is 0. The van der Waals surface area contributed by atoms with Crippen LogP contribution in [0.25, 0.3) is 0 Å². The number of hydrogen-bond acceptors (Lipinski definition) is 3. The summed E-state index contributed by atoms with van der Waals surface area (Å²) in [7, 11) is 4.12. The van der Waals surface area contributed by atoms with E-state index in [9.17, 15) is 0 Å². The van der Waals surface area contributed by atoms with Gasteiger partial charge in [-0.15, -0.1) is 0 Å². The van der Waals surface area contributed by atoms with Crippen LogP contribution in [-0.4, -0.2) is 50.8 Å². The van der Waals surface area contributed by atoms with Crippen LogP contribution in [0.4, 0.5) is 0 Å². The van der Waals surface area contributed by atoms with Crippen molar-refractivity contribution in [1.29, 1.82) is 0 Å². The summed E-state index contributed by atoms with van der Waals surface area (Å²) in [4.78, 5) is 2.59. The average Bonchev–Trinajstić information content (AvgIpc) is 3.27. The Hall–Kier alpha value is -0.120. The Kier molecular flexibility index (Phi) is 6.62. The van der Waals surface area contributed by atoms with Gasteiger partial charge in [0.05, 0.1) is 6.61 Å². The van der Waals surface area contributed by atoms with Gasteiger partial charge in [-0.05, 0) is 58.2 Å². The monoisotopic (exact) mass is 268 g/mol. The van der Waals surface area contributed by atoms with Crippen LogP contribution in [0.2, 0.25) is 0 Å². The molecule has 3 nitrogen and oxygen atoms in total. The van der Waals surface area contributed by atoms with E-state index in [0.717, 1.165) is 25.1 Å². The van der Waals surface area contributed by atoms with E-state index in [0.29, 0.717) is 6.04 Å². The van der Waals surface area contributed by atoms with E-state index >= 15 is 0 Å². The highest BCUT2D eigenvalue weighted by Crippen LogP contribution is 2.32. The van der Waals surface area contributed by atoms with Crippen LogP contribution in [0, 0.1) is 5.92 Å². The van der Waals surface area contributed by atoms with Crippen LogP contribution in [0.1, 0.15) is 51.4 Å². The molecule has 2 fully saturated rings. The van der Waals surface area contributed by atoms with Gasteiger partial charge in [0, 0.05) is 19.2 Å². The zero-order chi connectivity index (χ0) is 13.5. The summed E-state index contributed by atoms with van der Waals surface area (Å²) in [6, 6.07) is 1.46. The Morgan fingerprint density at radius 2 is 1.89 bits per heavy atom. The first-order valence-corrected chi connectivity index (χ1v) is 8.24. The quantitative estimate of drug-likeness (QED) is 0.651. The molecule has 0 bridgehead atoms. The molecule has 0 aromatic rings. The van der Waals surface area contributed by atoms with Crippen LogP contribution in [0.5, 0.6) is 0 Å². The van der Waals surface area contributed by atoms with Gasteiger partial charge in [0.1, 0.15) is 0 Å². The molecule has 0 radical (unpaired) electrons. The lowest BCUT2D eigenvalue weighted by Crippen LogP contribution is -2.38. The molecule has 2 rings (SSSR count). The minimum atomic E-state index is 0.602. The lowest BCUT2D eigenvalue weighted by Gasteiger charge is -2.31. The summed E-state index contributed by atoms with van der Waals surface area (Å²) in [6.45, 7) is 3.26. The Labute approximate surface area is 119 Å². The standard InChI is InChI=1S/C16H32N2O/c1-18(15-7-4-3-5-8-15)12-6-11-17-16(13-19-2)14-9-10-14/h14-17H,3-13H2,1-2H3. The second-order valence-electron chi connectivity index (χ2n) is 6.48. The third kappa shape index (κ3) is 5.41. The van der Waals surface area contributed by atoms with Crippen molar-refractivity contribution in [3.05, 3.63) is 0 Å². The number of rotatable bonds is 9. The Morgan fingerprint density at radius 3 is 2.53 bits per heavy atom. The average molecular weight is 268 g/mol. The van der Waals surface area contributed by atoms with Crippen LogP contribution in [-0.2, 0) is 4.74 Å². The normalized spacial score (nSPS) is 22.9. The van der Waals surface area contributed by atoms with Crippen LogP contribution >= 0.6 is 0 Å². The summed E-state index contributed by atoms with van der Waals surface area (Å²) < 4.78 is 5.31. The molecule has 1 unspecified atom stereocenters. The molecular formula is C16H32N2O. The van der Waals surface area contributed by atoms with E-state index in [-0.39, 0.29) is 0 Å². The first kappa shape index (κ1) is 15.3. The minimum Gasteiger partial charge on any atom is -0.383 e. The molecule has 0 aromatic carbocycles. The second kappa shape index (κ2) is 8.23. The largest absolute Gasteiger partial charge is 0.383 e. The van der Waals surface area contributed by atoms with Crippen molar-refractivity contribution in [2.45, 2.75) is 63.5 Å². The fourth-order valence-corrected chi connectivity index (χ4v) is 3.36. The SMILES string of the molecule is COCC(NCCCN(C)C1CCCCC1)C1CC1. The molecule has 1 N–H and O–H groups in total. The predicted molar refractivity (Wildman–Crippen MR) is 80.5 cm³/mol. The highest BCUT2D eigenvalue weighted by molar-refractivity contribution is 4.86. The molecular weight excluding hydrogens is 236 g/mol. The van der Waals surface area contributed by atoms with Gasteiger partial charge in [0.25, 0.3) is 0 Å². The highest BCUT2D eigenvalue weighted by atomic mass is 16.5. The van der Waals surface area contributed by atoms with Gasteiger partial charge in [-0.1, -0.05) is 19.3 Å². The minimum absolute atomic E-state index is 0.602. The Balaban J connectivity index is 1.54. The predicted octanol–water partition coefficient (Wildman–Crippen LogP) is 2.66. The van der Waals surface area contributed by atoms with E-state index in [4.69, 9.17) is 4.74 Å². The summed E-state index contributed by atoms with van der Waals surface area (Å²) in [5.74, 6) is 0.885. The molecule has 0 aromatic heterocycles. The van der Waals surface area contributed by atoms with Crippen molar-refractivity contribution in [2.75, 3.05) is 33.9 Å². The van der Waals surface area contributed by atoms with E-state index in [1.54, 1.807) is 0 Å². The number of nitrogens with one attached hydrogen (secondary N) is 1. The number of methoxy groups -OCH3 is 1. The maximum atomic E-state index is 5.31. The first-order chi connectivity index (χ1) is 9.31. The van der Waals surface area contributed by atoms with Gasteiger partial charge >= 0.3 is 0 Å². The van der Waals surface area contributed by atoms with E-state index in [2.05, 4.69) is 17.3 Å². The maximum Gasteiger partial charge on any atom is 0.0618 e. The number of hydrogen-bond donors (Lipinski definition) is 1. The molecule has 2 aliphatic rings. The zero-order valence-electron chi connectivity index (χ0n) is 12.9. The highest BCUT2D eigenvalue weighted by Gasteiger charge is 2.30. The van der Waals surface area contributed by atoms with Gasteiger partial charge in [-0.25, -0.2) is 0 Å². The Morgan fingerprint density at radius 1 is 1.16 bits per heavy atom. The number of nitrogens with zero attached hydrogens (tertiary/aromatic N) is 1. The molecule has 0 saturated heterocycles. The molecule has 2 saturated carbocycles. The molecule has 1 atom stereocenters. The fourth-order valence-electron chi connectivity index (χ4n) is 3.36. The lowest BCUT2D eigenvalue weighted by atomic mass is 9.94. The van der Waals surface area contributed by atoms with Gasteiger partial charge in [0.15, 0.2) is 0 Å². The van der Waals surface area contributed by atoms with Crippen LogP contribution < -0.4 is 5.32 Å². The van der Waals surface area contributed by atoms with Crippen LogP contribution in [0.15, 0.2) is 0 Å². The molecule has 0 heterocycles. The third-order valence-electron chi connectivity index (χ3n) is 4.83. The van der Waals surface area contributed by atoms with Crippen molar-refractivity contribution < 1.29 is 4.74 Å². The van der Waals surface area contributed by atoms with Gasteiger partial charge in [-0.2, -0.15) is 0 Å². The van der Waals surface area contributed by atoms with Gasteiger partial charge in [0.2, 0.25) is 0 Å². The second-order valence-corrected chi connectivity index (χ2v) is 6.48. The summed E-state index contributed by atoms with van der Waals surface area (Å²) in [5, 5.41) is 3.69. The number of ether oxygens (including phenoxy) is 1. The van der Waals surface area contributed by atoms with Crippen molar-refractivity contribution in [3.8, 4) is 0 Å². The van der Waals surface area contributed by atoms with E-state index in [1.165, 1.54) is 57.9 Å². The van der Waals surface area contributed by atoms with Crippen molar-refractivity contribution >= 4 is 0 Å². The third-order valence-corrected chi connectivity index (χ3v) is 4.83. The molecule has 2 aliphatic carbocycles. The molecule has 19 heavy (non-hydrogen) atoms. The van der Waals surface area contributed by atoms with Crippen molar-refractivity contribution in [2.24, 2.45) is 5.92 Å². The smallest absolute Gasteiger partial charge is 0.0618 e. The first-order valence-electron chi connectivity index (χ1n) is 8.24. The van der Waals surface area contributed by atoms with Gasteiger partial charge < -0.3 is 15.0 Å². The maximum absolute atomic E-state index is 5.31. The molecule has 3 heteroatoms. The molecule has 0 spiro atoms. The topological polar surface area (TPSA) is 24.5 Å². The summed E-state index contributed by atoms with van der Waals surface area (Å²) in [6.07, 6.45) is 11.2. The molecule has 0 amide bonds. The molecule has 112 valence electrons. The Bertz CT molecular complexity index is 237. The lowest BCUT2D eigenvalue weighted by molar-refractivity contribution is 0.154. The fraction of sp³-hybridized carbons (Fsp3) is 1.00. The summed E-state index contributed by atoms with van der Waals surface area (Å²) >= 11 is 0.